The number of piperidine rings is 1. The van der Waals surface area contributed by atoms with E-state index in [9.17, 15) is 18.5 Å². The van der Waals surface area contributed by atoms with E-state index >= 15 is 0 Å². The molecule has 0 aromatic carbocycles. The van der Waals surface area contributed by atoms with Crippen molar-refractivity contribution in [2.24, 2.45) is 5.92 Å². The molecule has 2 heterocycles. The molecule has 2 unspecified atom stereocenters. The van der Waals surface area contributed by atoms with Crippen molar-refractivity contribution in [1.82, 2.24) is 4.31 Å². The number of hydrogen-bond donors (Lipinski definition) is 1. The fraction of sp³-hybridized carbons (Fsp3) is 0.647. The molecule has 1 aromatic heterocycles. The summed E-state index contributed by atoms with van der Waals surface area (Å²) in [6, 6.07) is 1.55. The highest BCUT2D eigenvalue weighted by molar-refractivity contribution is 7.88. The lowest BCUT2D eigenvalue weighted by atomic mass is 9.88. The van der Waals surface area contributed by atoms with Crippen LogP contribution in [0.4, 0.5) is 5.00 Å². The van der Waals surface area contributed by atoms with Gasteiger partial charge < -0.3 is 5.32 Å². The van der Waals surface area contributed by atoms with Crippen molar-refractivity contribution in [2.45, 2.75) is 51.5 Å². The molecule has 1 aromatic rings. The Kier molecular flexibility index (Phi) is 5.19. The third-order valence-corrected chi connectivity index (χ3v) is 7.50. The molecule has 2 aliphatic rings. The van der Waals surface area contributed by atoms with E-state index in [0.717, 1.165) is 43.9 Å². The summed E-state index contributed by atoms with van der Waals surface area (Å²) < 4.78 is 25.2. The van der Waals surface area contributed by atoms with Crippen molar-refractivity contribution in [3.63, 3.8) is 0 Å². The van der Waals surface area contributed by atoms with Crippen LogP contribution < -0.4 is 5.32 Å². The van der Waals surface area contributed by atoms with Crippen LogP contribution in [0.15, 0.2) is 0 Å². The third-order valence-electron chi connectivity index (χ3n) is 5.04. The van der Waals surface area contributed by atoms with E-state index in [2.05, 4.69) is 18.3 Å². The van der Waals surface area contributed by atoms with Gasteiger partial charge in [0.25, 0.3) is 0 Å². The van der Waals surface area contributed by atoms with Crippen LogP contribution >= 0.6 is 11.3 Å². The zero-order chi connectivity index (χ0) is 18.2. The molecule has 2 atom stereocenters. The summed E-state index contributed by atoms with van der Waals surface area (Å²) >= 11 is 1.47. The van der Waals surface area contributed by atoms with Gasteiger partial charge in [0, 0.05) is 11.4 Å². The number of carbonyl (C=O) groups excluding carboxylic acids is 1. The zero-order valence-corrected chi connectivity index (χ0v) is 16.2. The third kappa shape index (κ3) is 3.73. The lowest BCUT2D eigenvalue weighted by molar-refractivity contribution is -0.120. The first kappa shape index (κ1) is 18.4. The van der Waals surface area contributed by atoms with Crippen LogP contribution in [-0.4, -0.2) is 37.5 Å². The van der Waals surface area contributed by atoms with Gasteiger partial charge in [0.05, 0.1) is 11.8 Å². The molecular formula is C17H23N3O3S2. The van der Waals surface area contributed by atoms with Crippen molar-refractivity contribution in [3.05, 3.63) is 16.0 Å². The van der Waals surface area contributed by atoms with Crippen molar-refractivity contribution in [3.8, 4) is 6.07 Å². The van der Waals surface area contributed by atoms with Gasteiger partial charge in [-0.3, -0.25) is 4.79 Å². The topological polar surface area (TPSA) is 90.3 Å². The number of rotatable bonds is 3. The number of thiophene rings is 1. The summed E-state index contributed by atoms with van der Waals surface area (Å²) in [5, 5.41) is 13.0. The summed E-state index contributed by atoms with van der Waals surface area (Å²) in [5.74, 6) is 0.258. The molecule has 1 aliphatic carbocycles. The number of nitriles is 1. The summed E-state index contributed by atoms with van der Waals surface area (Å²) in [6.07, 6.45) is 6.11. The highest BCUT2D eigenvalue weighted by atomic mass is 32.2. The Hall–Kier alpha value is -1.43. The molecule has 8 heteroatoms. The maximum Gasteiger partial charge on any atom is 0.243 e. The number of anilines is 1. The van der Waals surface area contributed by atoms with Crippen LogP contribution in [-0.2, 0) is 27.7 Å². The number of hydrogen-bond acceptors (Lipinski definition) is 5. The van der Waals surface area contributed by atoms with E-state index < -0.39 is 16.1 Å². The molecule has 136 valence electrons. The predicted octanol–water partition coefficient (Wildman–Crippen LogP) is 2.50. The molecule has 6 nitrogen and oxygen atoms in total. The van der Waals surface area contributed by atoms with Crippen molar-refractivity contribution < 1.29 is 13.2 Å². The van der Waals surface area contributed by atoms with Crippen LogP contribution in [0.1, 0.15) is 48.6 Å². The average molecular weight is 382 g/mol. The van der Waals surface area contributed by atoms with Gasteiger partial charge in [-0.1, -0.05) is 13.3 Å². The minimum Gasteiger partial charge on any atom is -0.315 e. The van der Waals surface area contributed by atoms with Gasteiger partial charge in [0.15, 0.2) is 0 Å². The molecule has 0 spiro atoms. The molecule has 1 aliphatic heterocycles. The first-order chi connectivity index (χ1) is 11.8. The normalized spacial score (nSPS) is 24.4. The Labute approximate surface area is 152 Å². The van der Waals surface area contributed by atoms with E-state index in [1.807, 2.05) is 0 Å². The number of nitrogens with zero attached hydrogens (tertiary/aromatic N) is 2. The first-order valence-corrected chi connectivity index (χ1v) is 11.3. The Bertz CT molecular complexity index is 823. The lowest BCUT2D eigenvalue weighted by Crippen LogP contribution is -2.49. The fourth-order valence-corrected chi connectivity index (χ4v) is 6.20. The number of carbonyl (C=O) groups is 1. The molecular weight excluding hydrogens is 358 g/mol. The van der Waals surface area contributed by atoms with Crippen LogP contribution in [0.3, 0.4) is 0 Å². The minimum atomic E-state index is -3.43. The minimum absolute atomic E-state index is 0.326. The molecule has 1 N–H and O–H groups in total. The second-order valence-electron chi connectivity index (χ2n) is 7.04. The van der Waals surface area contributed by atoms with Crippen molar-refractivity contribution in [2.75, 3.05) is 18.1 Å². The second kappa shape index (κ2) is 7.06. The predicted molar refractivity (Wildman–Crippen MR) is 98.0 cm³/mol. The quantitative estimate of drug-likeness (QED) is 0.871. The van der Waals surface area contributed by atoms with Crippen molar-refractivity contribution in [1.29, 1.82) is 5.26 Å². The molecule has 0 radical (unpaired) electrons. The summed E-state index contributed by atoms with van der Waals surface area (Å²) in [6.45, 7) is 2.57. The van der Waals surface area contributed by atoms with Crippen LogP contribution in [0.25, 0.3) is 0 Å². The molecule has 0 saturated carbocycles. The van der Waals surface area contributed by atoms with E-state index in [-0.39, 0.29) is 5.91 Å². The Balaban J connectivity index is 1.85. The highest BCUT2D eigenvalue weighted by Crippen LogP contribution is 2.39. The fourth-order valence-electron chi connectivity index (χ4n) is 3.72. The van der Waals surface area contributed by atoms with Crippen molar-refractivity contribution >= 4 is 32.3 Å². The maximum absolute atomic E-state index is 12.7. The molecule has 1 saturated heterocycles. The van der Waals surface area contributed by atoms with Gasteiger partial charge in [-0.25, -0.2) is 8.42 Å². The Morgan fingerprint density at radius 2 is 2.12 bits per heavy atom. The lowest BCUT2D eigenvalue weighted by Gasteiger charge is -2.32. The SMILES string of the molecule is CC1CCc2c(sc(NC(=O)C3CCCCN3S(C)(=O)=O)c2C#N)C1. The molecule has 3 rings (SSSR count). The molecule has 1 fully saturated rings. The summed E-state index contributed by atoms with van der Waals surface area (Å²) in [7, 11) is -3.43. The van der Waals surface area contributed by atoms with E-state index in [1.54, 1.807) is 0 Å². The smallest absolute Gasteiger partial charge is 0.243 e. The summed E-state index contributed by atoms with van der Waals surface area (Å²) in [4.78, 5) is 13.9. The Morgan fingerprint density at radius 3 is 2.80 bits per heavy atom. The Morgan fingerprint density at radius 1 is 1.36 bits per heavy atom. The molecule has 0 bridgehead atoms. The largest absolute Gasteiger partial charge is 0.315 e. The van der Waals surface area contributed by atoms with Gasteiger partial charge in [0.1, 0.15) is 17.1 Å². The van der Waals surface area contributed by atoms with Gasteiger partial charge in [-0.15, -0.1) is 11.3 Å². The van der Waals surface area contributed by atoms with E-state index in [4.69, 9.17) is 0 Å². The monoisotopic (exact) mass is 381 g/mol. The van der Waals surface area contributed by atoms with E-state index in [0.29, 0.717) is 29.4 Å². The van der Waals surface area contributed by atoms with Crippen LogP contribution in [0.5, 0.6) is 0 Å². The van der Waals surface area contributed by atoms with Gasteiger partial charge in [0.2, 0.25) is 15.9 Å². The number of amides is 1. The number of sulfonamides is 1. The van der Waals surface area contributed by atoms with Gasteiger partial charge >= 0.3 is 0 Å². The van der Waals surface area contributed by atoms with Gasteiger partial charge in [-0.2, -0.15) is 9.57 Å². The molecule has 1 amide bonds. The number of nitrogens with one attached hydrogen (secondary N) is 1. The average Bonchev–Trinajstić information content (AvgIpc) is 2.89. The highest BCUT2D eigenvalue weighted by Gasteiger charge is 2.35. The number of fused-ring (bicyclic) bond motifs is 1. The van der Waals surface area contributed by atoms with Crippen LogP contribution in [0.2, 0.25) is 0 Å². The summed E-state index contributed by atoms with van der Waals surface area (Å²) in [5.41, 5.74) is 1.62. The second-order valence-corrected chi connectivity index (χ2v) is 10.1. The standard InChI is InChI=1S/C17H23N3O3S2/c1-11-6-7-12-13(10-18)17(24-15(12)9-11)19-16(21)14-5-3-4-8-20(14)25(2,22)23/h11,14H,3-9H2,1-2H3,(H,19,21). The van der Waals surface area contributed by atoms with Gasteiger partial charge in [-0.05, 0) is 43.6 Å². The first-order valence-electron chi connectivity index (χ1n) is 8.63. The zero-order valence-electron chi connectivity index (χ0n) is 14.5. The maximum atomic E-state index is 12.7. The van der Waals surface area contributed by atoms with E-state index in [1.165, 1.54) is 20.5 Å². The van der Waals surface area contributed by atoms with Crippen LogP contribution in [0, 0.1) is 17.2 Å². The molecule has 25 heavy (non-hydrogen) atoms.